The molecule has 3 atom stereocenters. The Morgan fingerprint density at radius 2 is 2.26 bits per heavy atom. The molecule has 0 aliphatic carbocycles. The Balaban J connectivity index is 1.79. The van der Waals surface area contributed by atoms with E-state index in [9.17, 15) is 13.6 Å². The lowest BCUT2D eigenvalue weighted by Gasteiger charge is -2.27. The lowest BCUT2D eigenvalue weighted by Crippen LogP contribution is -2.40. The molecular formula is C13H22F2N2O2. The fourth-order valence-corrected chi connectivity index (χ4v) is 3.31. The van der Waals surface area contributed by atoms with Crippen LogP contribution in [0, 0.1) is 11.8 Å². The van der Waals surface area contributed by atoms with Crippen LogP contribution in [-0.4, -0.2) is 56.1 Å². The average molecular weight is 276 g/mol. The summed E-state index contributed by atoms with van der Waals surface area (Å²) in [6, 6.07) is 0.294. The van der Waals surface area contributed by atoms with Crippen LogP contribution in [0.15, 0.2) is 0 Å². The van der Waals surface area contributed by atoms with E-state index in [0.29, 0.717) is 17.9 Å². The highest BCUT2D eigenvalue weighted by Gasteiger charge is 2.44. The fourth-order valence-electron chi connectivity index (χ4n) is 3.31. The quantitative estimate of drug-likeness (QED) is 0.739. The maximum absolute atomic E-state index is 12.1. The summed E-state index contributed by atoms with van der Waals surface area (Å²) in [5.41, 5.74) is 0. The van der Waals surface area contributed by atoms with E-state index in [1.807, 2.05) is 4.90 Å². The predicted octanol–water partition coefficient (Wildman–Crippen LogP) is 1.11. The summed E-state index contributed by atoms with van der Waals surface area (Å²) < 4.78 is 28.6. The van der Waals surface area contributed by atoms with Gasteiger partial charge in [0.2, 0.25) is 5.91 Å². The molecule has 1 amide bonds. The Bertz CT molecular complexity index is 315. The first-order valence-corrected chi connectivity index (χ1v) is 6.99. The number of ether oxygens (including phenoxy) is 1. The molecule has 4 nitrogen and oxygen atoms in total. The first-order valence-electron chi connectivity index (χ1n) is 6.99. The SMILES string of the molecule is CCC1C2CNCC2CN1C(=O)CCOCC(F)F. The number of carbonyl (C=O) groups excluding carboxylic acids is 1. The molecule has 19 heavy (non-hydrogen) atoms. The Morgan fingerprint density at radius 1 is 1.47 bits per heavy atom. The second-order valence-corrected chi connectivity index (χ2v) is 5.32. The van der Waals surface area contributed by atoms with Crippen molar-refractivity contribution in [2.45, 2.75) is 32.2 Å². The number of likely N-dealkylation sites (tertiary alicyclic amines) is 1. The van der Waals surface area contributed by atoms with Crippen LogP contribution in [0.5, 0.6) is 0 Å². The second-order valence-electron chi connectivity index (χ2n) is 5.32. The van der Waals surface area contributed by atoms with Crippen LogP contribution in [0.3, 0.4) is 0 Å². The topological polar surface area (TPSA) is 41.6 Å². The van der Waals surface area contributed by atoms with Crippen molar-refractivity contribution < 1.29 is 18.3 Å². The highest BCUT2D eigenvalue weighted by atomic mass is 19.3. The molecule has 2 rings (SSSR count). The van der Waals surface area contributed by atoms with Gasteiger partial charge in [-0.2, -0.15) is 0 Å². The minimum Gasteiger partial charge on any atom is -0.375 e. The summed E-state index contributed by atoms with van der Waals surface area (Å²) in [7, 11) is 0. The average Bonchev–Trinajstić information content (AvgIpc) is 2.93. The maximum Gasteiger partial charge on any atom is 0.261 e. The molecule has 6 heteroatoms. The van der Waals surface area contributed by atoms with Gasteiger partial charge in [0.1, 0.15) is 6.61 Å². The molecule has 2 saturated heterocycles. The first kappa shape index (κ1) is 14.7. The van der Waals surface area contributed by atoms with Crippen LogP contribution < -0.4 is 5.32 Å². The largest absolute Gasteiger partial charge is 0.375 e. The number of nitrogens with zero attached hydrogens (tertiary/aromatic N) is 1. The zero-order valence-corrected chi connectivity index (χ0v) is 11.3. The molecule has 0 spiro atoms. The molecule has 2 heterocycles. The lowest BCUT2D eigenvalue weighted by molar-refractivity contribution is -0.134. The van der Waals surface area contributed by atoms with Crippen LogP contribution in [0.1, 0.15) is 19.8 Å². The normalized spacial score (nSPS) is 30.1. The van der Waals surface area contributed by atoms with Gasteiger partial charge < -0.3 is 15.0 Å². The van der Waals surface area contributed by atoms with E-state index in [1.165, 1.54) is 0 Å². The molecule has 0 bridgehead atoms. The van der Waals surface area contributed by atoms with Crippen molar-refractivity contribution in [1.29, 1.82) is 0 Å². The summed E-state index contributed by atoms with van der Waals surface area (Å²) in [6.45, 7) is 4.35. The van der Waals surface area contributed by atoms with E-state index in [2.05, 4.69) is 12.2 Å². The van der Waals surface area contributed by atoms with Gasteiger partial charge in [-0.3, -0.25) is 4.79 Å². The van der Waals surface area contributed by atoms with Gasteiger partial charge in [0.15, 0.2) is 0 Å². The molecule has 0 radical (unpaired) electrons. The molecule has 110 valence electrons. The number of alkyl halides is 2. The van der Waals surface area contributed by atoms with Crippen molar-refractivity contribution in [1.82, 2.24) is 10.2 Å². The fraction of sp³-hybridized carbons (Fsp3) is 0.923. The molecule has 3 unspecified atom stereocenters. The van der Waals surface area contributed by atoms with Gasteiger partial charge >= 0.3 is 0 Å². The minimum absolute atomic E-state index is 0.0375. The molecule has 0 saturated carbocycles. The third-order valence-electron chi connectivity index (χ3n) is 4.16. The van der Waals surface area contributed by atoms with E-state index < -0.39 is 13.0 Å². The van der Waals surface area contributed by atoms with Crippen LogP contribution >= 0.6 is 0 Å². The number of nitrogens with one attached hydrogen (secondary N) is 1. The summed E-state index contributed by atoms with van der Waals surface area (Å²) in [6.07, 6.45) is -1.31. The number of hydrogen-bond acceptors (Lipinski definition) is 3. The summed E-state index contributed by atoms with van der Waals surface area (Å²) in [4.78, 5) is 14.1. The molecule has 0 aromatic heterocycles. The van der Waals surface area contributed by atoms with Crippen molar-refractivity contribution in [3.8, 4) is 0 Å². The number of carbonyl (C=O) groups is 1. The first-order chi connectivity index (χ1) is 9.13. The zero-order chi connectivity index (χ0) is 13.8. The molecule has 2 aliphatic rings. The van der Waals surface area contributed by atoms with Crippen LogP contribution in [0.25, 0.3) is 0 Å². The molecule has 2 aliphatic heterocycles. The summed E-state index contributed by atoms with van der Waals surface area (Å²) >= 11 is 0. The highest BCUT2D eigenvalue weighted by molar-refractivity contribution is 5.77. The van der Waals surface area contributed by atoms with Crippen molar-refractivity contribution in [3.63, 3.8) is 0 Å². The van der Waals surface area contributed by atoms with Gasteiger partial charge in [-0.1, -0.05) is 6.92 Å². The Kier molecular flexibility index (Phi) is 5.10. The van der Waals surface area contributed by atoms with Gasteiger partial charge in [-0.05, 0) is 18.3 Å². The minimum atomic E-state index is -2.46. The van der Waals surface area contributed by atoms with E-state index in [0.717, 1.165) is 26.1 Å². The Labute approximate surface area is 112 Å². The molecule has 0 aromatic rings. The van der Waals surface area contributed by atoms with Crippen molar-refractivity contribution in [3.05, 3.63) is 0 Å². The van der Waals surface area contributed by atoms with E-state index in [4.69, 9.17) is 4.74 Å². The smallest absolute Gasteiger partial charge is 0.261 e. The van der Waals surface area contributed by atoms with Crippen LogP contribution in [0.4, 0.5) is 8.78 Å². The van der Waals surface area contributed by atoms with Crippen molar-refractivity contribution in [2.75, 3.05) is 32.8 Å². The van der Waals surface area contributed by atoms with Crippen molar-refractivity contribution >= 4 is 5.91 Å². The van der Waals surface area contributed by atoms with E-state index >= 15 is 0 Å². The second kappa shape index (κ2) is 6.61. The predicted molar refractivity (Wildman–Crippen MR) is 67.1 cm³/mol. The van der Waals surface area contributed by atoms with Gasteiger partial charge in [-0.25, -0.2) is 8.78 Å². The number of rotatable bonds is 6. The lowest BCUT2D eigenvalue weighted by atomic mass is 9.93. The Hall–Kier alpha value is -0.750. The number of fused-ring (bicyclic) bond motifs is 1. The van der Waals surface area contributed by atoms with Crippen LogP contribution in [-0.2, 0) is 9.53 Å². The van der Waals surface area contributed by atoms with E-state index in [-0.39, 0.29) is 18.9 Å². The monoisotopic (exact) mass is 276 g/mol. The van der Waals surface area contributed by atoms with E-state index in [1.54, 1.807) is 0 Å². The summed E-state index contributed by atoms with van der Waals surface area (Å²) in [5, 5.41) is 3.37. The highest BCUT2D eigenvalue weighted by Crippen LogP contribution is 2.34. The third-order valence-corrected chi connectivity index (χ3v) is 4.16. The third kappa shape index (κ3) is 3.42. The molecule has 1 N–H and O–H groups in total. The molecule has 2 fully saturated rings. The maximum atomic E-state index is 12.1. The molecule has 0 aromatic carbocycles. The number of amides is 1. The number of hydrogen-bond donors (Lipinski definition) is 1. The van der Waals surface area contributed by atoms with Gasteiger partial charge in [-0.15, -0.1) is 0 Å². The van der Waals surface area contributed by atoms with Gasteiger partial charge in [0, 0.05) is 25.7 Å². The van der Waals surface area contributed by atoms with Crippen LogP contribution in [0.2, 0.25) is 0 Å². The van der Waals surface area contributed by atoms with Crippen molar-refractivity contribution in [2.24, 2.45) is 11.8 Å². The zero-order valence-electron chi connectivity index (χ0n) is 11.3. The Morgan fingerprint density at radius 3 is 2.95 bits per heavy atom. The standard InChI is InChI=1S/C13H22F2N2O2/c1-2-11-10-6-16-5-9(10)7-17(11)13(18)3-4-19-8-12(14)15/h9-12,16H,2-8H2,1H3. The summed E-state index contributed by atoms with van der Waals surface area (Å²) in [5.74, 6) is 1.14. The number of halogens is 2. The van der Waals surface area contributed by atoms with Gasteiger partial charge in [0.05, 0.1) is 13.0 Å². The molecular weight excluding hydrogens is 254 g/mol. The van der Waals surface area contributed by atoms with Gasteiger partial charge in [0.25, 0.3) is 6.43 Å².